The average Bonchev–Trinajstić information content (AvgIpc) is 3.49. The largest absolute Gasteiger partial charge is 0.462 e. The molecule has 0 aromatic rings. The van der Waals surface area contributed by atoms with Crippen molar-refractivity contribution >= 4 is 11.9 Å². The molecular weight excluding hydrogens is 1000 g/mol. The van der Waals surface area contributed by atoms with Gasteiger partial charge < -0.3 is 14.6 Å². The van der Waals surface area contributed by atoms with Gasteiger partial charge in [-0.1, -0.05) is 327 Å². The lowest BCUT2D eigenvalue weighted by Gasteiger charge is -2.15. The molecule has 0 aromatic carbocycles. The number of allylic oxidation sites excluding steroid dienone is 22. The lowest BCUT2D eigenvalue weighted by atomic mass is 10.0. The highest BCUT2D eigenvalue weighted by molar-refractivity contribution is 5.70. The van der Waals surface area contributed by atoms with Crippen LogP contribution in [0, 0.1) is 0 Å². The molecule has 0 aromatic heterocycles. The van der Waals surface area contributed by atoms with E-state index in [0.717, 1.165) is 122 Å². The van der Waals surface area contributed by atoms with Gasteiger partial charge in [-0.25, -0.2) is 0 Å². The highest BCUT2D eigenvalue weighted by Gasteiger charge is 2.16. The third-order valence-electron chi connectivity index (χ3n) is 14.9. The molecule has 5 nitrogen and oxygen atoms in total. The molecule has 0 heterocycles. The SMILES string of the molecule is CC/C=C\C/C=C\C/C=C\C/C=C\C/C=C\C/C=C\C/C=C\C/C=C\C/C=C\CCCCCCCC(=O)OC(CO)COC(=O)CCCCCCCCCCCCCCCCCCCCCCCCC/C=C\C/C=C\CCCCCCC. The van der Waals surface area contributed by atoms with Crippen molar-refractivity contribution in [3.8, 4) is 0 Å². The maximum Gasteiger partial charge on any atom is 0.306 e. The van der Waals surface area contributed by atoms with Crippen LogP contribution >= 0.6 is 0 Å². The summed E-state index contributed by atoms with van der Waals surface area (Å²) in [5.74, 6) is -0.609. The molecule has 1 unspecified atom stereocenters. The number of esters is 2. The van der Waals surface area contributed by atoms with Crippen molar-refractivity contribution in [3.05, 3.63) is 134 Å². The van der Waals surface area contributed by atoms with Gasteiger partial charge in [0, 0.05) is 12.8 Å². The highest BCUT2D eigenvalue weighted by atomic mass is 16.6. The van der Waals surface area contributed by atoms with Gasteiger partial charge in [-0.2, -0.15) is 0 Å². The Labute approximate surface area is 508 Å². The molecule has 1 N–H and O–H groups in total. The van der Waals surface area contributed by atoms with Gasteiger partial charge in [-0.05, 0) is 116 Å². The van der Waals surface area contributed by atoms with Crippen molar-refractivity contribution in [1.29, 1.82) is 0 Å². The molecule has 5 heteroatoms. The van der Waals surface area contributed by atoms with Crippen molar-refractivity contribution in [2.24, 2.45) is 0 Å². The van der Waals surface area contributed by atoms with Crippen LogP contribution in [0.1, 0.15) is 322 Å². The number of hydrogen-bond donors (Lipinski definition) is 1. The maximum absolute atomic E-state index is 12.4. The van der Waals surface area contributed by atoms with E-state index in [0.29, 0.717) is 12.8 Å². The molecule has 1 atom stereocenters. The predicted molar refractivity (Wildman–Crippen MR) is 361 cm³/mol. The van der Waals surface area contributed by atoms with E-state index in [1.807, 2.05) is 0 Å². The van der Waals surface area contributed by atoms with Crippen LogP contribution in [0.25, 0.3) is 0 Å². The minimum absolute atomic E-state index is 0.0786. The first-order chi connectivity index (χ1) is 40.6. The molecule has 0 spiro atoms. The first-order valence-corrected chi connectivity index (χ1v) is 34.7. The number of unbranched alkanes of at least 4 members (excludes halogenated alkanes) is 33. The zero-order chi connectivity index (χ0) is 59.1. The summed E-state index contributed by atoms with van der Waals surface area (Å²) in [4.78, 5) is 24.6. The number of carbonyl (C=O) groups is 2. The number of ether oxygens (including phenoxy) is 2. The van der Waals surface area contributed by atoms with Crippen LogP contribution in [-0.2, 0) is 19.1 Å². The Morgan fingerprint density at radius 3 is 0.793 bits per heavy atom. The maximum atomic E-state index is 12.4. The second kappa shape index (κ2) is 71.3. The molecule has 0 bridgehead atoms. The molecule has 0 radical (unpaired) electrons. The van der Waals surface area contributed by atoms with Gasteiger partial charge in [0.1, 0.15) is 6.61 Å². The minimum Gasteiger partial charge on any atom is -0.462 e. The number of aliphatic hydroxyl groups is 1. The van der Waals surface area contributed by atoms with E-state index in [2.05, 4.69) is 148 Å². The summed E-state index contributed by atoms with van der Waals surface area (Å²) < 4.78 is 10.7. The number of rotatable bonds is 63. The smallest absolute Gasteiger partial charge is 0.306 e. The van der Waals surface area contributed by atoms with Crippen LogP contribution in [0.15, 0.2) is 134 Å². The van der Waals surface area contributed by atoms with E-state index in [1.54, 1.807) is 0 Å². The molecule has 82 heavy (non-hydrogen) atoms. The third kappa shape index (κ3) is 68.5. The molecule has 468 valence electrons. The van der Waals surface area contributed by atoms with Gasteiger partial charge in [0.15, 0.2) is 6.10 Å². The van der Waals surface area contributed by atoms with Gasteiger partial charge >= 0.3 is 11.9 Å². The molecule has 0 fully saturated rings. The second-order valence-electron chi connectivity index (χ2n) is 22.9. The zero-order valence-corrected chi connectivity index (χ0v) is 53.7. The summed E-state index contributed by atoms with van der Waals surface area (Å²) in [6.45, 7) is 4.02. The average molecular weight is 1140 g/mol. The Morgan fingerprint density at radius 2 is 0.524 bits per heavy atom. The molecule has 0 saturated carbocycles. The van der Waals surface area contributed by atoms with Crippen LogP contribution in [0.3, 0.4) is 0 Å². The summed E-state index contributed by atoms with van der Waals surface area (Å²) in [7, 11) is 0. The molecule has 0 aliphatic carbocycles. The monoisotopic (exact) mass is 1130 g/mol. The molecule has 0 rings (SSSR count). The molecular formula is C77H130O5. The van der Waals surface area contributed by atoms with Crippen molar-refractivity contribution in [2.45, 2.75) is 328 Å². The fourth-order valence-corrected chi connectivity index (χ4v) is 9.76. The van der Waals surface area contributed by atoms with Gasteiger partial charge in [0.25, 0.3) is 0 Å². The van der Waals surface area contributed by atoms with E-state index >= 15 is 0 Å². The Morgan fingerprint density at radius 1 is 0.293 bits per heavy atom. The zero-order valence-electron chi connectivity index (χ0n) is 53.7. The second-order valence-corrected chi connectivity index (χ2v) is 22.9. The van der Waals surface area contributed by atoms with Crippen LogP contribution in [0.4, 0.5) is 0 Å². The Bertz CT molecular complexity index is 1670. The van der Waals surface area contributed by atoms with Crippen molar-refractivity contribution < 1.29 is 24.2 Å². The van der Waals surface area contributed by atoms with Crippen LogP contribution in [-0.4, -0.2) is 36.4 Å². The minimum atomic E-state index is -0.792. The normalized spacial score (nSPS) is 13.1. The Kier molecular flexibility index (Phi) is 67.9. The van der Waals surface area contributed by atoms with Gasteiger partial charge in [-0.15, -0.1) is 0 Å². The van der Waals surface area contributed by atoms with Crippen molar-refractivity contribution in [1.82, 2.24) is 0 Å². The van der Waals surface area contributed by atoms with E-state index < -0.39 is 6.10 Å². The van der Waals surface area contributed by atoms with Crippen LogP contribution in [0.2, 0.25) is 0 Å². The van der Waals surface area contributed by atoms with Gasteiger partial charge in [0.05, 0.1) is 6.61 Å². The number of aliphatic hydroxyl groups excluding tert-OH is 1. The number of hydrogen-bond acceptors (Lipinski definition) is 5. The summed E-state index contributed by atoms with van der Waals surface area (Å²) in [6.07, 6.45) is 106. The third-order valence-corrected chi connectivity index (χ3v) is 14.9. The highest BCUT2D eigenvalue weighted by Crippen LogP contribution is 2.17. The van der Waals surface area contributed by atoms with E-state index in [-0.39, 0.29) is 25.2 Å². The molecule has 0 amide bonds. The van der Waals surface area contributed by atoms with E-state index in [1.165, 1.54) is 173 Å². The lowest BCUT2D eigenvalue weighted by molar-refractivity contribution is -0.161. The van der Waals surface area contributed by atoms with Crippen molar-refractivity contribution in [2.75, 3.05) is 13.2 Å². The van der Waals surface area contributed by atoms with E-state index in [9.17, 15) is 14.7 Å². The Hall–Kier alpha value is -3.96. The lowest BCUT2D eigenvalue weighted by Crippen LogP contribution is -2.28. The molecule has 0 aliphatic rings. The first kappa shape index (κ1) is 78.0. The van der Waals surface area contributed by atoms with Crippen molar-refractivity contribution in [3.63, 3.8) is 0 Å². The number of carbonyl (C=O) groups excluding carboxylic acids is 2. The standard InChI is InChI=1S/C77H130O5/c1-3-5-7-9-11-13-15-17-19-21-23-25-27-29-31-33-35-37-38-40-41-43-45-47-49-51-53-55-57-59-61-63-65-67-69-71-76(79)81-74-75(73-78)82-77(80)72-70-68-66-64-62-60-58-56-54-52-50-48-46-44-42-39-36-34-32-30-28-26-24-22-20-18-16-14-12-10-8-6-4-2/h6,8,12,14-15,17-18,20-21,23-24,26,30,32,36,39,44,46,50,52,56,58,75,78H,3-5,7,9-11,13,16,19,22,25,27-29,31,33-35,37-38,40-43,45,47-49,51,53-55,57,59-74H2,1-2H3/b8-6-,14-12-,17-15-,20-18-,23-21-,26-24-,32-30-,39-36-,46-44-,52-50-,58-56-. The summed E-state index contributed by atoms with van der Waals surface area (Å²) in [6, 6.07) is 0. The quantitative estimate of drug-likeness (QED) is 0.0373. The Balaban J connectivity index is 3.52. The summed E-state index contributed by atoms with van der Waals surface area (Å²) in [5.41, 5.74) is 0. The van der Waals surface area contributed by atoms with Gasteiger partial charge in [-0.3, -0.25) is 9.59 Å². The predicted octanol–water partition coefficient (Wildman–Crippen LogP) is 24.3. The van der Waals surface area contributed by atoms with Crippen LogP contribution < -0.4 is 0 Å². The fraction of sp³-hybridized carbons (Fsp3) is 0.688. The summed E-state index contributed by atoms with van der Waals surface area (Å²) in [5, 5.41) is 9.70. The molecule has 0 saturated heterocycles. The first-order valence-electron chi connectivity index (χ1n) is 34.7. The molecule has 0 aliphatic heterocycles. The fourth-order valence-electron chi connectivity index (χ4n) is 9.76. The topological polar surface area (TPSA) is 72.8 Å². The summed E-state index contributed by atoms with van der Waals surface area (Å²) >= 11 is 0. The van der Waals surface area contributed by atoms with Gasteiger partial charge in [0.2, 0.25) is 0 Å². The van der Waals surface area contributed by atoms with E-state index in [4.69, 9.17) is 9.47 Å². The van der Waals surface area contributed by atoms with Crippen LogP contribution in [0.5, 0.6) is 0 Å².